The minimum atomic E-state index is -0.292. The lowest BCUT2D eigenvalue weighted by atomic mass is 9.78. The molecule has 1 aromatic carbocycles. The van der Waals surface area contributed by atoms with E-state index in [-0.39, 0.29) is 17.0 Å². The number of halogens is 2. The second-order valence-corrected chi connectivity index (χ2v) is 7.71. The van der Waals surface area contributed by atoms with Crippen molar-refractivity contribution in [2.24, 2.45) is 5.41 Å². The molecule has 2 aromatic rings. The zero-order valence-corrected chi connectivity index (χ0v) is 13.6. The van der Waals surface area contributed by atoms with Crippen molar-refractivity contribution < 1.29 is 9.18 Å². The molecule has 0 bridgehead atoms. The Morgan fingerprint density at radius 3 is 2.80 bits per heavy atom. The van der Waals surface area contributed by atoms with Crippen molar-refractivity contribution in [3.05, 3.63) is 39.1 Å². The molecular formula is C15H13BrFNOS. The molecule has 0 spiro atoms. The Kier molecular flexibility index (Phi) is 3.29. The number of benzene rings is 1. The molecule has 104 valence electrons. The van der Waals surface area contributed by atoms with Gasteiger partial charge in [0.25, 0.3) is 0 Å². The SMILES string of the molecule is CC1(C)CC(=O)c2sc(-c3ccc(F)cc3Br)nc2C1. The smallest absolute Gasteiger partial charge is 0.175 e. The third kappa shape index (κ3) is 2.44. The van der Waals surface area contributed by atoms with E-state index in [0.717, 1.165) is 27.6 Å². The number of thiazole rings is 1. The van der Waals surface area contributed by atoms with Crippen LogP contribution in [0, 0.1) is 11.2 Å². The summed E-state index contributed by atoms with van der Waals surface area (Å²) in [5, 5.41) is 0.771. The summed E-state index contributed by atoms with van der Waals surface area (Å²) in [6, 6.07) is 4.52. The summed E-state index contributed by atoms with van der Waals surface area (Å²) in [7, 11) is 0. The lowest BCUT2D eigenvalue weighted by Gasteiger charge is -2.26. The molecule has 3 rings (SSSR count). The molecule has 1 heterocycles. The fraction of sp³-hybridized carbons (Fsp3) is 0.333. The van der Waals surface area contributed by atoms with Crippen molar-refractivity contribution in [3.8, 4) is 10.6 Å². The molecule has 0 amide bonds. The lowest BCUT2D eigenvalue weighted by Crippen LogP contribution is -2.25. The number of hydrogen-bond acceptors (Lipinski definition) is 3. The molecule has 2 nitrogen and oxygen atoms in total. The average molecular weight is 354 g/mol. The van der Waals surface area contributed by atoms with E-state index in [4.69, 9.17) is 0 Å². The number of rotatable bonds is 1. The third-order valence-corrected chi connectivity index (χ3v) is 5.23. The second-order valence-electron chi connectivity index (χ2n) is 5.86. The van der Waals surface area contributed by atoms with E-state index in [9.17, 15) is 9.18 Å². The Labute approximate surface area is 129 Å². The molecule has 20 heavy (non-hydrogen) atoms. The van der Waals surface area contributed by atoms with Crippen LogP contribution in [-0.4, -0.2) is 10.8 Å². The topological polar surface area (TPSA) is 30.0 Å². The lowest BCUT2D eigenvalue weighted by molar-refractivity contribution is 0.0916. The van der Waals surface area contributed by atoms with Crippen LogP contribution in [0.15, 0.2) is 22.7 Å². The Hall–Kier alpha value is -1.07. The van der Waals surface area contributed by atoms with Crippen molar-refractivity contribution in [1.29, 1.82) is 0 Å². The predicted octanol–water partition coefficient (Wildman–Crippen LogP) is 4.87. The summed E-state index contributed by atoms with van der Waals surface area (Å²) < 4.78 is 13.8. The fourth-order valence-electron chi connectivity index (χ4n) is 2.50. The first kappa shape index (κ1) is 13.9. The number of nitrogens with zero attached hydrogens (tertiary/aromatic N) is 1. The van der Waals surface area contributed by atoms with Crippen LogP contribution in [0.3, 0.4) is 0 Å². The first-order valence-electron chi connectivity index (χ1n) is 6.34. The average Bonchev–Trinajstić information content (AvgIpc) is 2.70. The number of ketones is 1. The van der Waals surface area contributed by atoms with Gasteiger partial charge >= 0.3 is 0 Å². The van der Waals surface area contributed by atoms with Crippen LogP contribution in [0.25, 0.3) is 10.6 Å². The highest BCUT2D eigenvalue weighted by molar-refractivity contribution is 9.10. The molecule has 0 unspecified atom stereocenters. The van der Waals surface area contributed by atoms with Crippen LogP contribution in [-0.2, 0) is 6.42 Å². The molecule has 1 aliphatic rings. The van der Waals surface area contributed by atoms with E-state index in [1.54, 1.807) is 6.07 Å². The van der Waals surface area contributed by atoms with Gasteiger partial charge in [-0.15, -0.1) is 11.3 Å². The van der Waals surface area contributed by atoms with Crippen molar-refractivity contribution in [2.45, 2.75) is 26.7 Å². The molecule has 0 saturated carbocycles. The van der Waals surface area contributed by atoms with Gasteiger partial charge in [-0.2, -0.15) is 0 Å². The van der Waals surface area contributed by atoms with Gasteiger partial charge in [-0.05, 0) is 46.0 Å². The van der Waals surface area contributed by atoms with Crippen LogP contribution >= 0.6 is 27.3 Å². The Bertz CT molecular complexity index is 708. The Morgan fingerprint density at radius 1 is 1.35 bits per heavy atom. The summed E-state index contributed by atoms with van der Waals surface area (Å²) >= 11 is 4.76. The van der Waals surface area contributed by atoms with Gasteiger partial charge in [-0.25, -0.2) is 9.37 Å². The maximum atomic E-state index is 13.2. The molecule has 0 aliphatic heterocycles. The van der Waals surface area contributed by atoms with E-state index >= 15 is 0 Å². The summed E-state index contributed by atoms with van der Waals surface area (Å²) in [4.78, 5) is 17.5. The summed E-state index contributed by atoms with van der Waals surface area (Å²) in [5.74, 6) is -0.127. The monoisotopic (exact) mass is 353 g/mol. The zero-order valence-electron chi connectivity index (χ0n) is 11.2. The third-order valence-electron chi connectivity index (χ3n) is 3.40. The van der Waals surface area contributed by atoms with E-state index in [0.29, 0.717) is 10.9 Å². The van der Waals surface area contributed by atoms with Crippen molar-refractivity contribution in [3.63, 3.8) is 0 Å². The number of carbonyl (C=O) groups excluding carboxylic acids is 1. The van der Waals surface area contributed by atoms with Gasteiger partial charge in [0.2, 0.25) is 0 Å². The summed E-state index contributed by atoms with van der Waals surface area (Å²) in [5.41, 5.74) is 1.68. The highest BCUT2D eigenvalue weighted by Gasteiger charge is 2.34. The highest BCUT2D eigenvalue weighted by atomic mass is 79.9. The standard InChI is InChI=1S/C15H13BrFNOS/c1-15(2)6-11-13(12(19)7-15)20-14(18-11)9-4-3-8(17)5-10(9)16/h3-5H,6-7H2,1-2H3. The van der Waals surface area contributed by atoms with Crippen molar-refractivity contribution in [2.75, 3.05) is 0 Å². The fourth-order valence-corrected chi connectivity index (χ4v) is 4.23. The Morgan fingerprint density at radius 2 is 2.10 bits per heavy atom. The van der Waals surface area contributed by atoms with E-state index < -0.39 is 0 Å². The molecule has 0 saturated heterocycles. The molecule has 1 aromatic heterocycles. The Balaban J connectivity index is 2.08. The minimum absolute atomic E-state index is 0.0323. The highest BCUT2D eigenvalue weighted by Crippen LogP contribution is 2.40. The van der Waals surface area contributed by atoms with E-state index in [2.05, 4.69) is 34.8 Å². The maximum Gasteiger partial charge on any atom is 0.175 e. The maximum absolute atomic E-state index is 13.2. The van der Waals surface area contributed by atoms with Crippen LogP contribution in [0.2, 0.25) is 0 Å². The van der Waals surface area contributed by atoms with Crippen LogP contribution in [0.4, 0.5) is 4.39 Å². The van der Waals surface area contributed by atoms with Gasteiger partial charge in [0, 0.05) is 16.5 Å². The number of carbonyl (C=O) groups is 1. The van der Waals surface area contributed by atoms with Crippen LogP contribution in [0.1, 0.15) is 35.6 Å². The number of fused-ring (bicyclic) bond motifs is 1. The molecule has 0 radical (unpaired) electrons. The predicted molar refractivity (Wildman–Crippen MR) is 81.6 cm³/mol. The number of Topliss-reactive ketones (excluding diaryl/α,β-unsaturated/α-hetero) is 1. The van der Waals surface area contributed by atoms with Gasteiger partial charge in [0.15, 0.2) is 5.78 Å². The van der Waals surface area contributed by atoms with Crippen molar-refractivity contribution >= 4 is 33.0 Å². The van der Waals surface area contributed by atoms with Crippen molar-refractivity contribution in [1.82, 2.24) is 4.98 Å². The summed E-state index contributed by atoms with van der Waals surface area (Å²) in [6.45, 7) is 4.17. The number of aromatic nitrogens is 1. The minimum Gasteiger partial charge on any atom is -0.293 e. The van der Waals surface area contributed by atoms with Gasteiger partial charge in [0.1, 0.15) is 10.8 Å². The van der Waals surface area contributed by atoms with Crippen LogP contribution < -0.4 is 0 Å². The summed E-state index contributed by atoms with van der Waals surface area (Å²) in [6.07, 6.45) is 1.37. The molecule has 0 fully saturated rings. The number of hydrogen-bond donors (Lipinski definition) is 0. The molecule has 1 aliphatic carbocycles. The van der Waals surface area contributed by atoms with Gasteiger partial charge in [-0.1, -0.05) is 13.8 Å². The normalized spacial score (nSPS) is 17.1. The van der Waals surface area contributed by atoms with E-state index in [1.807, 2.05) is 0 Å². The van der Waals surface area contributed by atoms with E-state index in [1.165, 1.54) is 23.5 Å². The molecule has 5 heteroatoms. The second kappa shape index (κ2) is 4.74. The first-order valence-corrected chi connectivity index (χ1v) is 7.95. The quantitative estimate of drug-likeness (QED) is 0.732. The zero-order chi connectivity index (χ0) is 14.5. The van der Waals surface area contributed by atoms with Gasteiger partial charge in [-0.3, -0.25) is 4.79 Å². The molecule has 0 N–H and O–H groups in total. The molecule has 0 atom stereocenters. The van der Waals surface area contributed by atoms with Gasteiger partial charge < -0.3 is 0 Å². The first-order chi connectivity index (χ1) is 9.35. The van der Waals surface area contributed by atoms with Gasteiger partial charge in [0.05, 0.1) is 10.6 Å². The largest absolute Gasteiger partial charge is 0.293 e. The van der Waals surface area contributed by atoms with Crippen LogP contribution in [0.5, 0.6) is 0 Å². The molecular weight excluding hydrogens is 341 g/mol.